The predicted molar refractivity (Wildman–Crippen MR) is 99.4 cm³/mol. The Kier molecular flexibility index (Phi) is 8.67. The van der Waals surface area contributed by atoms with E-state index in [1.807, 2.05) is 18.2 Å². The van der Waals surface area contributed by atoms with Gasteiger partial charge in [-0.05, 0) is 29.7 Å². The number of hydrogen-bond acceptors (Lipinski definition) is 9. The number of fused-ring (bicyclic) bond motifs is 1. The molecule has 1 aromatic heterocycles. The fourth-order valence-corrected chi connectivity index (χ4v) is 2.65. The molecule has 0 aliphatic heterocycles. The molecule has 0 spiro atoms. The molecule has 1 aromatic carbocycles. The summed E-state index contributed by atoms with van der Waals surface area (Å²) in [7, 11) is 1.02. The summed E-state index contributed by atoms with van der Waals surface area (Å²) < 4.78 is 4.40. The summed E-state index contributed by atoms with van der Waals surface area (Å²) in [5.74, 6) is -1.17. The van der Waals surface area contributed by atoms with Gasteiger partial charge in [0, 0.05) is 17.6 Å². The maximum Gasteiger partial charge on any atom is 0.337 e. The van der Waals surface area contributed by atoms with Crippen LogP contribution in [-0.4, -0.2) is 79.3 Å². The molecule has 0 bridgehead atoms. The Hall–Kier alpha value is -2.17. The van der Waals surface area contributed by atoms with Gasteiger partial charge in [0.2, 0.25) is 0 Å². The molecule has 0 radical (unpaired) electrons. The van der Waals surface area contributed by atoms with Gasteiger partial charge in [-0.25, -0.2) is 10.2 Å². The number of methoxy groups -OCH3 is 1. The van der Waals surface area contributed by atoms with Crippen molar-refractivity contribution in [3.05, 3.63) is 36.0 Å². The summed E-state index contributed by atoms with van der Waals surface area (Å²) in [6.07, 6.45) is -6.23. The van der Waals surface area contributed by atoms with Crippen LogP contribution in [0.15, 0.2) is 30.3 Å². The monoisotopic (exact) mass is 398 g/mol. The summed E-state index contributed by atoms with van der Waals surface area (Å²) >= 11 is 3.81. The summed E-state index contributed by atoms with van der Waals surface area (Å²) in [6.45, 7) is -0.857. The van der Waals surface area contributed by atoms with Crippen molar-refractivity contribution >= 4 is 34.3 Å². The molecule has 4 unspecified atom stereocenters. The Labute approximate surface area is 160 Å². The SMILES string of the molecule is COC(=O)C(O)C(O)(Cc1cc2ccccc2[nH]1)C(O)C(O)CO.N=C=S. The fourth-order valence-electron chi connectivity index (χ4n) is 2.65. The van der Waals surface area contributed by atoms with Crippen molar-refractivity contribution in [2.45, 2.75) is 30.3 Å². The first kappa shape index (κ1) is 22.9. The van der Waals surface area contributed by atoms with E-state index in [9.17, 15) is 25.2 Å². The maximum atomic E-state index is 11.6. The third-order valence-corrected chi connectivity index (χ3v) is 4.02. The zero-order valence-electron chi connectivity index (χ0n) is 14.5. The Morgan fingerprint density at radius 3 is 2.48 bits per heavy atom. The van der Waals surface area contributed by atoms with E-state index in [1.54, 1.807) is 17.3 Å². The molecule has 9 nitrogen and oxygen atoms in total. The zero-order chi connectivity index (χ0) is 20.6. The normalized spacial score (nSPS) is 16.2. The maximum absolute atomic E-state index is 11.6. The minimum absolute atomic E-state index is 0.379. The molecule has 0 saturated heterocycles. The van der Waals surface area contributed by atoms with Crippen LogP contribution in [0.2, 0.25) is 0 Å². The van der Waals surface area contributed by atoms with Gasteiger partial charge in [-0.3, -0.25) is 0 Å². The molecule has 0 amide bonds. The predicted octanol–water partition coefficient (Wildman–Crippen LogP) is -0.643. The van der Waals surface area contributed by atoms with Crippen molar-refractivity contribution in [2.24, 2.45) is 0 Å². The van der Waals surface area contributed by atoms with E-state index in [-0.39, 0.29) is 6.42 Å². The lowest BCUT2D eigenvalue weighted by atomic mass is 9.83. The van der Waals surface area contributed by atoms with Crippen LogP contribution < -0.4 is 0 Å². The third-order valence-electron chi connectivity index (χ3n) is 4.02. The number of aliphatic hydroxyl groups is 5. The van der Waals surface area contributed by atoms with Crippen molar-refractivity contribution < 1.29 is 35.1 Å². The highest BCUT2D eigenvalue weighted by molar-refractivity contribution is 7.78. The van der Waals surface area contributed by atoms with Gasteiger partial charge in [-0.15, -0.1) is 0 Å². The van der Waals surface area contributed by atoms with Gasteiger partial charge in [0.05, 0.1) is 18.9 Å². The number of carbonyl (C=O) groups excluding carboxylic acids is 1. The first-order chi connectivity index (χ1) is 12.7. The number of thiocarbonyl (C=S) groups is 1. The number of hydrogen-bond donors (Lipinski definition) is 7. The van der Waals surface area contributed by atoms with Crippen LogP contribution in [0.25, 0.3) is 10.9 Å². The standard InChI is InChI=1S/C16H21NO7.CHNS/c1-24-15(22)14(21)16(23,13(20)12(19)8-18)7-10-6-9-4-2-3-5-11(9)17-10;2-1-3/h2-6,12-14,17-21,23H,7-8H2,1H3;2H. The number of rotatable bonds is 7. The van der Waals surface area contributed by atoms with E-state index in [1.165, 1.54) is 0 Å². The van der Waals surface area contributed by atoms with Crippen molar-refractivity contribution in [1.29, 1.82) is 5.41 Å². The van der Waals surface area contributed by atoms with Crippen LogP contribution in [0.5, 0.6) is 0 Å². The molecular weight excluding hydrogens is 376 g/mol. The average Bonchev–Trinajstić information content (AvgIpc) is 3.07. The fraction of sp³-hybridized carbons (Fsp3) is 0.412. The van der Waals surface area contributed by atoms with E-state index in [0.717, 1.165) is 18.0 Å². The summed E-state index contributed by atoms with van der Waals surface area (Å²) in [5, 5.41) is 57.8. The molecule has 0 fully saturated rings. The highest BCUT2D eigenvalue weighted by Gasteiger charge is 2.50. The number of nitrogens with one attached hydrogen (secondary N) is 2. The second kappa shape index (κ2) is 10.2. The smallest absolute Gasteiger partial charge is 0.337 e. The van der Waals surface area contributed by atoms with Gasteiger partial charge < -0.3 is 35.3 Å². The summed E-state index contributed by atoms with van der Waals surface area (Å²) in [6, 6.07) is 8.93. The number of ether oxygens (including phenoxy) is 1. The number of aliphatic hydroxyl groups excluding tert-OH is 4. The van der Waals surface area contributed by atoms with Crippen LogP contribution in [0.3, 0.4) is 0 Å². The van der Waals surface area contributed by atoms with Crippen LogP contribution in [-0.2, 0) is 16.0 Å². The average molecular weight is 398 g/mol. The van der Waals surface area contributed by atoms with Gasteiger partial charge >= 0.3 is 5.97 Å². The Bertz CT molecular complexity index is 757. The van der Waals surface area contributed by atoms with Crippen LogP contribution in [0, 0.1) is 5.41 Å². The van der Waals surface area contributed by atoms with Crippen molar-refractivity contribution in [3.8, 4) is 0 Å². The van der Waals surface area contributed by atoms with Gasteiger partial charge in [-0.2, -0.15) is 0 Å². The molecule has 0 aliphatic carbocycles. The number of H-pyrrole nitrogens is 1. The van der Waals surface area contributed by atoms with E-state index in [0.29, 0.717) is 5.69 Å². The number of esters is 1. The van der Waals surface area contributed by atoms with Gasteiger partial charge in [0.25, 0.3) is 0 Å². The van der Waals surface area contributed by atoms with Gasteiger partial charge in [0.15, 0.2) is 6.10 Å². The molecule has 0 saturated carbocycles. The first-order valence-electron chi connectivity index (χ1n) is 7.80. The number of para-hydroxylation sites is 1. The van der Waals surface area contributed by atoms with Crippen LogP contribution in [0.1, 0.15) is 5.69 Å². The van der Waals surface area contributed by atoms with E-state index >= 15 is 0 Å². The lowest BCUT2D eigenvalue weighted by Crippen LogP contribution is -2.61. The Balaban J connectivity index is 0.00000114. The molecule has 1 heterocycles. The van der Waals surface area contributed by atoms with E-state index in [4.69, 9.17) is 10.5 Å². The molecular formula is C17H22N2O7S. The Morgan fingerprint density at radius 2 is 1.96 bits per heavy atom. The molecule has 7 N–H and O–H groups in total. The quantitative estimate of drug-likeness (QED) is 0.184. The lowest BCUT2D eigenvalue weighted by molar-refractivity contribution is -0.199. The van der Waals surface area contributed by atoms with E-state index in [2.05, 4.69) is 21.9 Å². The number of isothiocyanates is 1. The first-order valence-corrected chi connectivity index (χ1v) is 8.21. The lowest BCUT2D eigenvalue weighted by Gasteiger charge is -2.37. The third kappa shape index (κ3) is 5.41. The Morgan fingerprint density at radius 1 is 1.37 bits per heavy atom. The number of aromatic amines is 1. The van der Waals surface area contributed by atoms with Crippen molar-refractivity contribution in [3.63, 3.8) is 0 Å². The van der Waals surface area contributed by atoms with E-state index < -0.39 is 36.5 Å². The highest BCUT2D eigenvalue weighted by atomic mass is 32.1. The number of carbonyl (C=O) groups is 1. The molecule has 0 aliphatic rings. The largest absolute Gasteiger partial charge is 0.467 e. The summed E-state index contributed by atoms with van der Waals surface area (Å²) in [5.41, 5.74) is -1.28. The highest BCUT2D eigenvalue weighted by Crippen LogP contribution is 2.27. The van der Waals surface area contributed by atoms with Crippen molar-refractivity contribution in [2.75, 3.05) is 13.7 Å². The molecule has 2 aromatic rings. The van der Waals surface area contributed by atoms with Crippen molar-refractivity contribution in [1.82, 2.24) is 4.98 Å². The van der Waals surface area contributed by atoms with Gasteiger partial charge in [0.1, 0.15) is 17.8 Å². The topological polar surface area (TPSA) is 167 Å². The minimum Gasteiger partial charge on any atom is -0.467 e. The molecule has 4 atom stereocenters. The summed E-state index contributed by atoms with van der Waals surface area (Å²) in [4.78, 5) is 14.6. The number of aromatic nitrogens is 1. The molecule has 27 heavy (non-hydrogen) atoms. The van der Waals surface area contributed by atoms with Crippen LogP contribution >= 0.6 is 12.2 Å². The molecule has 148 valence electrons. The molecule has 2 rings (SSSR count). The van der Waals surface area contributed by atoms with Crippen LogP contribution in [0.4, 0.5) is 0 Å². The minimum atomic E-state index is -2.46. The van der Waals surface area contributed by atoms with Gasteiger partial charge in [-0.1, -0.05) is 18.2 Å². The second-order valence-electron chi connectivity index (χ2n) is 5.77. The number of benzene rings is 1. The molecule has 10 heteroatoms. The zero-order valence-corrected chi connectivity index (χ0v) is 15.3. The second-order valence-corrected chi connectivity index (χ2v) is 5.98.